The molecule has 0 N–H and O–H groups in total. The maximum Gasteiger partial charge on any atom is 0.460 e. The number of rotatable bonds is 16. The molecule has 0 aliphatic heterocycles. The van der Waals surface area contributed by atoms with Gasteiger partial charge in [0.1, 0.15) is 0 Å². The van der Waals surface area contributed by atoms with Crippen molar-refractivity contribution in [2.75, 3.05) is 6.61 Å². The molecule has 0 aliphatic rings. The molecule has 0 radical (unpaired) electrons. The Morgan fingerprint density at radius 1 is 0.468 bits per heavy atom. The SMILES string of the molecule is C=C(C)C(=O)OCCC(F)(F)C(F)(F)C(F)(F)C(F)(F)C(F)(F)CC(F)(F)CC(F)(F)C(F)(F)C(F)(F)C(F)(F)C(F)(F)C(F)(F)F. The summed E-state index contributed by atoms with van der Waals surface area (Å²) in [5, 5.41) is 0. The zero-order valence-corrected chi connectivity index (χ0v) is 21.8. The molecule has 47 heavy (non-hydrogen) atoms. The van der Waals surface area contributed by atoms with E-state index in [1.807, 2.05) is 0 Å². The second-order valence-corrected chi connectivity index (χ2v) is 9.51. The number of hydrogen-bond acceptors (Lipinski definition) is 2. The van der Waals surface area contributed by atoms with E-state index in [2.05, 4.69) is 11.3 Å². The van der Waals surface area contributed by atoms with Crippen LogP contribution in [0, 0.1) is 0 Å². The van der Waals surface area contributed by atoms with Gasteiger partial charge in [-0.25, -0.2) is 13.6 Å². The Kier molecular flexibility index (Phi) is 11.4. The molecule has 0 atom stereocenters. The van der Waals surface area contributed by atoms with E-state index in [9.17, 15) is 115 Å². The third kappa shape index (κ3) is 7.26. The van der Waals surface area contributed by atoms with Crippen LogP contribution in [0.25, 0.3) is 0 Å². The minimum Gasteiger partial charge on any atom is -0.462 e. The highest BCUT2D eigenvalue weighted by Crippen LogP contribution is 2.63. The van der Waals surface area contributed by atoms with E-state index < -0.39 is 109 Å². The largest absolute Gasteiger partial charge is 0.462 e. The molecule has 0 aromatic rings. The molecule has 0 saturated heterocycles. The summed E-state index contributed by atoms with van der Waals surface area (Å²) in [5.41, 5.74) is -0.669. The molecule has 0 fully saturated rings. The fourth-order valence-electron chi connectivity index (χ4n) is 2.94. The summed E-state index contributed by atoms with van der Waals surface area (Å²) in [6.45, 7) is 1.53. The van der Waals surface area contributed by atoms with E-state index in [1.165, 1.54) is 0 Å². The average Bonchev–Trinajstić information content (AvgIpc) is 2.80. The van der Waals surface area contributed by atoms with Crippen molar-refractivity contribution in [2.45, 2.75) is 97.5 Å². The Hall–Kier alpha value is -2.54. The van der Waals surface area contributed by atoms with Gasteiger partial charge < -0.3 is 4.74 Å². The highest BCUT2D eigenvalue weighted by molar-refractivity contribution is 5.86. The highest BCUT2D eigenvalue weighted by Gasteiger charge is 2.91. The molecular weight excluding hydrogens is 747 g/mol. The first-order chi connectivity index (χ1) is 20.0. The third-order valence-corrected chi connectivity index (χ3v) is 5.66. The summed E-state index contributed by atoms with van der Waals surface area (Å²) in [4.78, 5) is 11.0. The second-order valence-electron chi connectivity index (χ2n) is 9.51. The fourth-order valence-corrected chi connectivity index (χ4v) is 2.94. The molecule has 0 unspecified atom stereocenters. The minimum absolute atomic E-state index is 0.669. The molecule has 0 spiro atoms. The monoisotopic (exact) mass is 760 g/mol. The Bertz CT molecular complexity index is 1150. The van der Waals surface area contributed by atoms with Gasteiger partial charge in [0.15, 0.2) is 0 Å². The van der Waals surface area contributed by atoms with Crippen molar-refractivity contribution in [1.29, 1.82) is 0 Å². The van der Waals surface area contributed by atoms with E-state index in [4.69, 9.17) is 0 Å². The first-order valence-electron chi connectivity index (χ1n) is 11.0. The molecule has 0 amide bonds. The van der Waals surface area contributed by atoms with Crippen molar-refractivity contribution < 1.29 is 119 Å². The average molecular weight is 760 g/mol. The summed E-state index contributed by atoms with van der Waals surface area (Å²) in [6.07, 6.45) is -20.8. The van der Waals surface area contributed by atoms with E-state index in [1.54, 1.807) is 0 Å². The van der Waals surface area contributed by atoms with Crippen LogP contribution in [-0.2, 0) is 9.53 Å². The maximum atomic E-state index is 13.9. The van der Waals surface area contributed by atoms with E-state index in [0.717, 1.165) is 6.92 Å². The van der Waals surface area contributed by atoms with Crippen molar-refractivity contribution >= 4 is 5.97 Å². The molecule has 280 valence electrons. The third-order valence-electron chi connectivity index (χ3n) is 5.66. The normalized spacial score (nSPS) is 16.0. The Labute approximate surface area is 242 Å². The summed E-state index contributed by atoms with van der Waals surface area (Å²) in [6, 6.07) is 0. The lowest BCUT2D eigenvalue weighted by Crippen LogP contribution is -2.70. The first-order valence-corrected chi connectivity index (χ1v) is 11.0. The van der Waals surface area contributed by atoms with E-state index in [0.29, 0.717) is 0 Å². The number of esters is 1. The Morgan fingerprint density at radius 3 is 1.04 bits per heavy atom. The number of halogens is 25. The fraction of sp³-hybridized carbons (Fsp3) is 0.850. The molecule has 0 aromatic heterocycles. The zero-order valence-electron chi connectivity index (χ0n) is 21.8. The number of carbonyl (C=O) groups excluding carboxylic acids is 1. The van der Waals surface area contributed by atoms with Crippen molar-refractivity contribution in [1.82, 2.24) is 0 Å². The minimum atomic E-state index is -8.79. The molecule has 0 heterocycles. The van der Waals surface area contributed by atoms with Gasteiger partial charge in [0.05, 0.1) is 25.9 Å². The topological polar surface area (TPSA) is 26.3 Å². The Morgan fingerprint density at radius 2 is 0.745 bits per heavy atom. The van der Waals surface area contributed by atoms with Crippen molar-refractivity contribution in [2.24, 2.45) is 0 Å². The van der Waals surface area contributed by atoms with Crippen LogP contribution < -0.4 is 0 Å². The molecule has 2 nitrogen and oxygen atoms in total. The van der Waals surface area contributed by atoms with Crippen LogP contribution in [0.4, 0.5) is 110 Å². The van der Waals surface area contributed by atoms with E-state index >= 15 is 0 Å². The van der Waals surface area contributed by atoms with Gasteiger partial charge >= 0.3 is 71.4 Å². The maximum absolute atomic E-state index is 13.9. The van der Waals surface area contributed by atoms with Gasteiger partial charge in [-0.1, -0.05) is 6.58 Å². The Balaban J connectivity index is 6.54. The quantitative estimate of drug-likeness (QED) is 0.0891. The standard InChI is InChI=1S/C20H13F25O2/c1-7(2)8(46)47-4-3-10(23,24)13(29,30)16(35,36)14(31,32)11(25,26)5-9(21,22)6-12(27,28)15(33,34)17(37,38)18(39,40)19(41,42)20(43,44)45/h1,3-6H2,2H3. The zero-order chi connectivity index (χ0) is 38.7. The molecule has 0 rings (SSSR count). The van der Waals surface area contributed by atoms with Crippen LogP contribution in [0.3, 0.4) is 0 Å². The smallest absolute Gasteiger partial charge is 0.460 e. The van der Waals surface area contributed by atoms with Crippen LogP contribution in [-0.4, -0.2) is 83.9 Å². The van der Waals surface area contributed by atoms with Crippen LogP contribution in [0.2, 0.25) is 0 Å². The highest BCUT2D eigenvalue weighted by atomic mass is 19.4. The van der Waals surface area contributed by atoms with Gasteiger partial charge in [0.25, 0.3) is 5.92 Å². The van der Waals surface area contributed by atoms with Crippen LogP contribution >= 0.6 is 0 Å². The predicted molar refractivity (Wildman–Crippen MR) is 100 cm³/mol. The van der Waals surface area contributed by atoms with Crippen LogP contribution in [0.15, 0.2) is 12.2 Å². The van der Waals surface area contributed by atoms with Crippen molar-refractivity contribution in [3.63, 3.8) is 0 Å². The van der Waals surface area contributed by atoms with Crippen LogP contribution in [0.5, 0.6) is 0 Å². The summed E-state index contributed by atoms with van der Waals surface area (Å²) >= 11 is 0. The number of carbonyl (C=O) groups is 1. The van der Waals surface area contributed by atoms with Crippen molar-refractivity contribution in [3.8, 4) is 0 Å². The molecular formula is C20H13F25O2. The van der Waals surface area contributed by atoms with Gasteiger partial charge in [-0.3, -0.25) is 0 Å². The van der Waals surface area contributed by atoms with Gasteiger partial charge in [-0.05, 0) is 6.92 Å². The van der Waals surface area contributed by atoms with Gasteiger partial charge in [0.2, 0.25) is 0 Å². The molecule has 0 saturated carbocycles. The van der Waals surface area contributed by atoms with Gasteiger partial charge in [0, 0.05) is 5.57 Å². The summed E-state index contributed by atoms with van der Waals surface area (Å²) in [5.74, 6) is -90.0. The molecule has 27 heteroatoms. The van der Waals surface area contributed by atoms with Crippen LogP contribution in [0.1, 0.15) is 26.2 Å². The summed E-state index contributed by atoms with van der Waals surface area (Å²) < 4.78 is 339. The lowest BCUT2D eigenvalue weighted by Gasteiger charge is -2.41. The predicted octanol–water partition coefficient (Wildman–Crippen LogP) is 9.83. The lowest BCUT2D eigenvalue weighted by atomic mass is 9.87. The molecule has 0 aliphatic carbocycles. The van der Waals surface area contributed by atoms with Crippen molar-refractivity contribution in [3.05, 3.63) is 12.2 Å². The number of alkyl halides is 25. The number of ether oxygens (including phenoxy) is 1. The molecule has 0 aromatic carbocycles. The first kappa shape index (κ1) is 44.5. The van der Waals surface area contributed by atoms with Gasteiger partial charge in [-0.15, -0.1) is 0 Å². The van der Waals surface area contributed by atoms with E-state index in [-0.39, 0.29) is 0 Å². The second kappa shape index (κ2) is 12.1. The van der Waals surface area contributed by atoms with Gasteiger partial charge in [-0.2, -0.15) is 101 Å². The number of hydrogen-bond donors (Lipinski definition) is 0. The summed E-state index contributed by atoms with van der Waals surface area (Å²) in [7, 11) is 0. The lowest BCUT2D eigenvalue weighted by molar-refractivity contribution is -0.442. The molecule has 0 bridgehead atoms.